The minimum atomic E-state index is 0.630. The summed E-state index contributed by atoms with van der Waals surface area (Å²) < 4.78 is 2.29. The normalized spacial score (nSPS) is 18.8. The van der Waals surface area contributed by atoms with Gasteiger partial charge in [0.05, 0.1) is 5.69 Å². The molecule has 4 heterocycles. The average molecular weight is 335 g/mol. The van der Waals surface area contributed by atoms with E-state index in [1.807, 2.05) is 12.4 Å². The van der Waals surface area contributed by atoms with Crippen LogP contribution >= 0.6 is 0 Å². The second-order valence-corrected chi connectivity index (χ2v) is 7.72. The molecule has 2 fully saturated rings. The van der Waals surface area contributed by atoms with E-state index in [4.69, 9.17) is 5.10 Å². The van der Waals surface area contributed by atoms with Crippen molar-refractivity contribution in [3.8, 4) is 11.3 Å². The summed E-state index contributed by atoms with van der Waals surface area (Å²) >= 11 is 0. The lowest BCUT2D eigenvalue weighted by atomic mass is 9.95. The summed E-state index contributed by atoms with van der Waals surface area (Å²) in [6.07, 6.45) is 6.68. The highest BCUT2D eigenvalue weighted by Crippen LogP contribution is 2.35. The van der Waals surface area contributed by atoms with E-state index >= 15 is 0 Å². The molecular formula is C20H25N5. The molecule has 0 bridgehead atoms. The van der Waals surface area contributed by atoms with E-state index in [-0.39, 0.29) is 0 Å². The number of H-pyrrole nitrogens is 1. The lowest BCUT2D eigenvalue weighted by molar-refractivity contribution is 0.151. The first-order chi connectivity index (χ1) is 12.2. The first-order valence-electron chi connectivity index (χ1n) is 9.45. The molecule has 5 rings (SSSR count). The van der Waals surface area contributed by atoms with E-state index < -0.39 is 0 Å². The van der Waals surface area contributed by atoms with Crippen molar-refractivity contribution in [2.24, 2.45) is 5.92 Å². The molecule has 1 N–H and O–H groups in total. The Morgan fingerprint density at radius 3 is 2.84 bits per heavy atom. The number of aryl methyl sites for hydroxylation is 1. The molecule has 25 heavy (non-hydrogen) atoms. The van der Waals surface area contributed by atoms with Crippen LogP contribution in [0.2, 0.25) is 0 Å². The highest BCUT2D eigenvalue weighted by atomic mass is 15.3. The van der Waals surface area contributed by atoms with Gasteiger partial charge in [-0.1, -0.05) is 6.92 Å². The van der Waals surface area contributed by atoms with Crippen molar-refractivity contribution in [1.82, 2.24) is 24.6 Å². The van der Waals surface area contributed by atoms with Crippen molar-refractivity contribution in [3.63, 3.8) is 0 Å². The molecule has 130 valence electrons. The van der Waals surface area contributed by atoms with Gasteiger partial charge >= 0.3 is 0 Å². The molecule has 1 saturated carbocycles. The van der Waals surface area contributed by atoms with Gasteiger partial charge in [-0.3, -0.25) is 4.68 Å². The SMILES string of the molecule is CCN1CC(c2cc(-c3cnc4[nH]cc(C)c4c3)nn2CC2CC2)C1. The van der Waals surface area contributed by atoms with E-state index in [0.717, 1.165) is 35.9 Å². The van der Waals surface area contributed by atoms with Gasteiger partial charge in [-0.15, -0.1) is 0 Å². The quantitative estimate of drug-likeness (QED) is 0.775. The number of fused-ring (bicyclic) bond motifs is 1. The third-order valence-corrected chi connectivity index (χ3v) is 5.80. The van der Waals surface area contributed by atoms with Crippen LogP contribution in [0.1, 0.15) is 36.9 Å². The second-order valence-electron chi connectivity index (χ2n) is 7.72. The Bertz CT molecular complexity index is 911. The largest absolute Gasteiger partial charge is 0.346 e. The highest BCUT2D eigenvalue weighted by molar-refractivity contribution is 5.83. The van der Waals surface area contributed by atoms with Gasteiger partial charge in [0.2, 0.25) is 0 Å². The zero-order chi connectivity index (χ0) is 17.0. The van der Waals surface area contributed by atoms with Crippen LogP contribution in [-0.2, 0) is 6.54 Å². The van der Waals surface area contributed by atoms with Gasteiger partial charge < -0.3 is 9.88 Å². The lowest BCUT2D eigenvalue weighted by Gasteiger charge is -2.38. The molecule has 0 amide bonds. The molecule has 1 saturated heterocycles. The maximum absolute atomic E-state index is 4.98. The van der Waals surface area contributed by atoms with Crippen LogP contribution in [0, 0.1) is 12.8 Å². The summed E-state index contributed by atoms with van der Waals surface area (Å²) in [5.74, 6) is 1.46. The van der Waals surface area contributed by atoms with Gasteiger partial charge in [-0.05, 0) is 49.9 Å². The summed E-state index contributed by atoms with van der Waals surface area (Å²) in [6.45, 7) is 8.92. The van der Waals surface area contributed by atoms with Crippen molar-refractivity contribution in [3.05, 3.63) is 35.8 Å². The van der Waals surface area contributed by atoms with Gasteiger partial charge in [-0.25, -0.2) is 4.98 Å². The number of rotatable bonds is 5. The topological polar surface area (TPSA) is 49.7 Å². The highest BCUT2D eigenvalue weighted by Gasteiger charge is 2.32. The van der Waals surface area contributed by atoms with E-state index in [0.29, 0.717) is 5.92 Å². The number of likely N-dealkylation sites (N-methyl/N-ethyl adjacent to an activating group) is 1. The Kier molecular flexibility index (Phi) is 3.45. The number of nitrogens with zero attached hydrogens (tertiary/aromatic N) is 4. The molecule has 0 radical (unpaired) electrons. The Morgan fingerprint density at radius 1 is 1.24 bits per heavy atom. The smallest absolute Gasteiger partial charge is 0.137 e. The molecule has 5 nitrogen and oxygen atoms in total. The monoisotopic (exact) mass is 335 g/mol. The fraction of sp³-hybridized carbons (Fsp3) is 0.500. The van der Waals surface area contributed by atoms with Crippen molar-refractivity contribution in [1.29, 1.82) is 0 Å². The van der Waals surface area contributed by atoms with Crippen molar-refractivity contribution < 1.29 is 0 Å². The molecule has 2 aliphatic rings. The molecule has 0 spiro atoms. The van der Waals surface area contributed by atoms with E-state index in [9.17, 15) is 0 Å². The molecule has 1 aliphatic heterocycles. The number of hydrogen-bond donors (Lipinski definition) is 1. The summed E-state index contributed by atoms with van der Waals surface area (Å²) in [5.41, 5.74) is 5.80. The Hall–Kier alpha value is -2.14. The molecular weight excluding hydrogens is 310 g/mol. The van der Waals surface area contributed by atoms with Gasteiger partial charge in [0.15, 0.2) is 0 Å². The molecule has 0 unspecified atom stereocenters. The molecule has 0 aromatic carbocycles. The van der Waals surface area contributed by atoms with E-state index in [1.165, 1.54) is 42.6 Å². The Morgan fingerprint density at radius 2 is 2.08 bits per heavy atom. The summed E-state index contributed by atoms with van der Waals surface area (Å²) in [5, 5.41) is 6.17. The van der Waals surface area contributed by atoms with Crippen LogP contribution in [0.25, 0.3) is 22.3 Å². The summed E-state index contributed by atoms with van der Waals surface area (Å²) in [6, 6.07) is 4.53. The van der Waals surface area contributed by atoms with Gasteiger partial charge in [0, 0.05) is 54.6 Å². The molecule has 5 heteroatoms. The predicted octanol–water partition coefficient (Wildman–Crippen LogP) is 3.56. The van der Waals surface area contributed by atoms with Crippen LogP contribution < -0.4 is 0 Å². The van der Waals surface area contributed by atoms with Crippen LogP contribution in [0.15, 0.2) is 24.5 Å². The molecule has 1 aliphatic carbocycles. The number of aromatic amines is 1. The summed E-state index contributed by atoms with van der Waals surface area (Å²) in [7, 11) is 0. The van der Waals surface area contributed by atoms with E-state index in [2.05, 4.69) is 45.5 Å². The van der Waals surface area contributed by atoms with Gasteiger partial charge in [0.1, 0.15) is 5.65 Å². The predicted molar refractivity (Wildman–Crippen MR) is 99.6 cm³/mol. The van der Waals surface area contributed by atoms with Crippen LogP contribution in [0.3, 0.4) is 0 Å². The number of nitrogens with one attached hydrogen (secondary N) is 1. The maximum Gasteiger partial charge on any atom is 0.137 e. The number of pyridine rings is 1. The van der Waals surface area contributed by atoms with Crippen molar-refractivity contribution in [2.45, 2.75) is 39.2 Å². The number of hydrogen-bond acceptors (Lipinski definition) is 3. The standard InChI is InChI=1S/C20H25N5/c1-3-24-11-16(12-24)19-7-18(23-25(19)10-14-4-5-14)15-6-17-13(2)8-21-20(17)22-9-15/h6-9,14,16H,3-5,10-12H2,1-2H3,(H,21,22). The fourth-order valence-corrected chi connectivity index (χ4v) is 3.88. The third-order valence-electron chi connectivity index (χ3n) is 5.80. The first kappa shape index (κ1) is 15.1. The average Bonchev–Trinajstić information content (AvgIpc) is 3.19. The van der Waals surface area contributed by atoms with Crippen LogP contribution in [-0.4, -0.2) is 44.3 Å². The molecule has 0 atom stereocenters. The van der Waals surface area contributed by atoms with Crippen LogP contribution in [0.5, 0.6) is 0 Å². The van der Waals surface area contributed by atoms with Gasteiger partial charge in [-0.2, -0.15) is 5.10 Å². The van der Waals surface area contributed by atoms with Crippen LogP contribution in [0.4, 0.5) is 0 Å². The number of aromatic nitrogens is 4. The summed E-state index contributed by atoms with van der Waals surface area (Å²) in [4.78, 5) is 10.3. The maximum atomic E-state index is 4.98. The Labute approximate surface area is 148 Å². The zero-order valence-corrected chi connectivity index (χ0v) is 15.0. The minimum Gasteiger partial charge on any atom is -0.346 e. The molecule has 3 aromatic rings. The molecule has 3 aromatic heterocycles. The zero-order valence-electron chi connectivity index (χ0n) is 15.0. The minimum absolute atomic E-state index is 0.630. The van der Waals surface area contributed by atoms with Gasteiger partial charge in [0.25, 0.3) is 0 Å². The second kappa shape index (κ2) is 5.70. The third kappa shape index (κ3) is 2.67. The Balaban J connectivity index is 1.51. The van der Waals surface area contributed by atoms with Crippen molar-refractivity contribution in [2.75, 3.05) is 19.6 Å². The van der Waals surface area contributed by atoms with E-state index in [1.54, 1.807) is 0 Å². The number of likely N-dealkylation sites (tertiary alicyclic amines) is 1. The van der Waals surface area contributed by atoms with Crippen molar-refractivity contribution >= 4 is 11.0 Å². The lowest BCUT2D eigenvalue weighted by Crippen LogP contribution is -2.45. The fourth-order valence-electron chi connectivity index (χ4n) is 3.88. The first-order valence-corrected chi connectivity index (χ1v) is 9.45.